The van der Waals surface area contributed by atoms with E-state index in [0.29, 0.717) is 6.54 Å². The third kappa shape index (κ3) is 5.16. The molecule has 0 aliphatic carbocycles. The first-order valence-corrected chi connectivity index (χ1v) is 7.10. The van der Waals surface area contributed by atoms with Crippen LogP contribution >= 0.6 is 15.9 Å². The maximum Gasteiger partial charge on any atom is 0.144 e. The van der Waals surface area contributed by atoms with Crippen LogP contribution in [-0.2, 0) is 6.54 Å². The van der Waals surface area contributed by atoms with E-state index >= 15 is 0 Å². The number of hydrogen-bond acceptors (Lipinski definition) is 2. The number of aliphatic hydroxyl groups excluding tert-OH is 1. The molecule has 0 fully saturated rings. The van der Waals surface area contributed by atoms with E-state index in [-0.39, 0.29) is 28.6 Å². The van der Waals surface area contributed by atoms with Gasteiger partial charge in [-0.05, 0) is 46.3 Å². The van der Waals surface area contributed by atoms with Crippen LogP contribution in [0.4, 0.5) is 8.78 Å². The van der Waals surface area contributed by atoms with Crippen molar-refractivity contribution in [1.29, 1.82) is 0 Å². The van der Waals surface area contributed by atoms with Gasteiger partial charge in [-0.25, -0.2) is 8.78 Å². The fraction of sp³-hybridized carbons (Fsp3) is 0.571. The van der Waals surface area contributed by atoms with Gasteiger partial charge in [0.05, 0.1) is 4.47 Å². The van der Waals surface area contributed by atoms with Gasteiger partial charge in [-0.3, -0.25) is 0 Å². The molecule has 0 atom stereocenters. The minimum absolute atomic E-state index is 0.0122. The summed E-state index contributed by atoms with van der Waals surface area (Å²) in [6.07, 6.45) is 1.59. The number of hydrogen-bond donors (Lipinski definition) is 2. The zero-order chi connectivity index (χ0) is 14.5. The molecule has 0 saturated heterocycles. The monoisotopic (exact) mass is 335 g/mol. The van der Waals surface area contributed by atoms with E-state index in [1.807, 2.05) is 0 Å². The fourth-order valence-electron chi connectivity index (χ4n) is 1.90. The highest BCUT2D eigenvalue weighted by atomic mass is 79.9. The topological polar surface area (TPSA) is 32.3 Å². The fourth-order valence-corrected chi connectivity index (χ4v) is 2.27. The van der Waals surface area contributed by atoms with Gasteiger partial charge < -0.3 is 10.4 Å². The lowest BCUT2D eigenvalue weighted by Crippen LogP contribution is -2.29. The molecule has 0 amide bonds. The molecular weight excluding hydrogens is 316 g/mol. The Hall–Kier alpha value is -0.520. The third-order valence-electron chi connectivity index (χ3n) is 3.06. The summed E-state index contributed by atoms with van der Waals surface area (Å²) in [6, 6.07) is 2.61. The summed E-state index contributed by atoms with van der Waals surface area (Å²) in [5.74, 6) is -1.10. The number of halogens is 3. The Morgan fingerprint density at radius 2 is 2.00 bits per heavy atom. The van der Waals surface area contributed by atoms with Gasteiger partial charge in [0.1, 0.15) is 11.6 Å². The Labute approximate surface area is 121 Å². The van der Waals surface area contributed by atoms with Crippen LogP contribution in [0.5, 0.6) is 0 Å². The minimum atomic E-state index is -0.555. The second kappa shape index (κ2) is 7.31. The molecule has 108 valence electrons. The Morgan fingerprint density at radius 3 is 2.63 bits per heavy atom. The molecule has 0 unspecified atom stereocenters. The maximum absolute atomic E-state index is 13.7. The van der Waals surface area contributed by atoms with E-state index in [0.717, 1.165) is 12.8 Å². The van der Waals surface area contributed by atoms with E-state index in [1.165, 1.54) is 12.1 Å². The van der Waals surface area contributed by atoms with Gasteiger partial charge in [-0.1, -0.05) is 13.8 Å². The molecule has 1 aromatic rings. The summed E-state index contributed by atoms with van der Waals surface area (Å²) in [5, 5.41) is 11.9. The number of aliphatic hydroxyl groups is 1. The van der Waals surface area contributed by atoms with Gasteiger partial charge in [-0.2, -0.15) is 0 Å². The van der Waals surface area contributed by atoms with Crippen molar-refractivity contribution < 1.29 is 13.9 Å². The van der Waals surface area contributed by atoms with Crippen molar-refractivity contribution >= 4 is 15.9 Å². The number of rotatable bonds is 7. The second-order valence-corrected chi connectivity index (χ2v) is 6.27. The first-order chi connectivity index (χ1) is 8.87. The normalized spacial score (nSPS) is 11.9. The van der Waals surface area contributed by atoms with Crippen LogP contribution in [0.2, 0.25) is 0 Å². The molecule has 2 nitrogen and oxygen atoms in total. The number of benzene rings is 1. The lowest BCUT2D eigenvalue weighted by Gasteiger charge is -2.25. The van der Waals surface area contributed by atoms with Gasteiger partial charge in [0.2, 0.25) is 0 Å². The standard InChI is InChI=1S/C14H20BrF2NO/c1-14(2,6-3-7-19)9-18-8-10-12(16)5-4-11(15)13(10)17/h4-5,18-19H,3,6-9H2,1-2H3. The molecule has 0 aliphatic rings. The quantitative estimate of drug-likeness (QED) is 0.746. The van der Waals surface area contributed by atoms with Crippen molar-refractivity contribution in [2.24, 2.45) is 5.41 Å². The molecule has 0 saturated carbocycles. The molecule has 5 heteroatoms. The average molecular weight is 336 g/mol. The molecule has 2 N–H and O–H groups in total. The molecule has 0 heterocycles. The molecule has 0 bridgehead atoms. The van der Waals surface area contributed by atoms with E-state index in [9.17, 15) is 8.78 Å². The Kier molecular flexibility index (Phi) is 6.36. The van der Waals surface area contributed by atoms with Crippen LogP contribution in [0.3, 0.4) is 0 Å². The van der Waals surface area contributed by atoms with Crippen LogP contribution in [0.15, 0.2) is 16.6 Å². The van der Waals surface area contributed by atoms with Crippen LogP contribution in [0.25, 0.3) is 0 Å². The van der Waals surface area contributed by atoms with Crippen LogP contribution in [0.1, 0.15) is 32.3 Å². The summed E-state index contributed by atoms with van der Waals surface area (Å²) in [4.78, 5) is 0. The summed E-state index contributed by atoms with van der Waals surface area (Å²) in [7, 11) is 0. The van der Waals surface area contributed by atoms with Gasteiger partial charge in [0.15, 0.2) is 0 Å². The first kappa shape index (κ1) is 16.5. The Balaban J connectivity index is 2.56. The highest BCUT2D eigenvalue weighted by Gasteiger charge is 2.18. The highest BCUT2D eigenvalue weighted by Crippen LogP contribution is 2.23. The SMILES string of the molecule is CC(C)(CCCO)CNCc1c(F)ccc(Br)c1F. The van der Waals surface area contributed by atoms with Crippen molar-refractivity contribution in [3.05, 3.63) is 33.8 Å². The molecule has 0 spiro atoms. The van der Waals surface area contributed by atoms with Crippen molar-refractivity contribution in [1.82, 2.24) is 5.32 Å². The number of nitrogens with one attached hydrogen (secondary N) is 1. The van der Waals surface area contributed by atoms with Crippen molar-refractivity contribution in [2.75, 3.05) is 13.2 Å². The van der Waals surface area contributed by atoms with Crippen LogP contribution in [0, 0.1) is 17.0 Å². The largest absolute Gasteiger partial charge is 0.396 e. The smallest absolute Gasteiger partial charge is 0.144 e. The predicted octanol–water partition coefficient (Wildman–Crippen LogP) is 3.62. The molecule has 0 aromatic heterocycles. The molecule has 0 radical (unpaired) electrons. The van der Waals surface area contributed by atoms with Crippen molar-refractivity contribution in [3.8, 4) is 0 Å². The summed E-state index contributed by atoms with van der Waals surface area (Å²) < 4.78 is 27.5. The molecule has 0 aliphatic heterocycles. The van der Waals surface area contributed by atoms with Crippen LogP contribution < -0.4 is 5.32 Å². The lowest BCUT2D eigenvalue weighted by atomic mass is 9.88. The van der Waals surface area contributed by atoms with Gasteiger partial charge in [0.25, 0.3) is 0 Å². The molecule has 19 heavy (non-hydrogen) atoms. The summed E-state index contributed by atoms with van der Waals surface area (Å²) >= 11 is 3.05. The predicted molar refractivity (Wildman–Crippen MR) is 75.9 cm³/mol. The summed E-state index contributed by atoms with van der Waals surface area (Å²) in [6.45, 7) is 5.07. The van der Waals surface area contributed by atoms with E-state index in [1.54, 1.807) is 0 Å². The Bertz CT molecular complexity index is 424. The van der Waals surface area contributed by atoms with Gasteiger partial charge >= 0.3 is 0 Å². The third-order valence-corrected chi connectivity index (χ3v) is 3.67. The average Bonchev–Trinajstić information content (AvgIpc) is 2.36. The van der Waals surface area contributed by atoms with Crippen LogP contribution in [-0.4, -0.2) is 18.3 Å². The van der Waals surface area contributed by atoms with Gasteiger partial charge in [-0.15, -0.1) is 0 Å². The second-order valence-electron chi connectivity index (χ2n) is 5.42. The molecular formula is C14H20BrF2NO. The van der Waals surface area contributed by atoms with Crippen molar-refractivity contribution in [3.63, 3.8) is 0 Å². The van der Waals surface area contributed by atoms with E-state index in [4.69, 9.17) is 5.11 Å². The zero-order valence-corrected chi connectivity index (χ0v) is 12.9. The molecule has 1 aromatic carbocycles. The Morgan fingerprint density at radius 1 is 1.32 bits per heavy atom. The molecule has 1 rings (SSSR count). The van der Waals surface area contributed by atoms with E-state index < -0.39 is 11.6 Å². The summed E-state index contributed by atoms with van der Waals surface area (Å²) in [5.41, 5.74) is 0.0362. The van der Waals surface area contributed by atoms with Crippen molar-refractivity contribution in [2.45, 2.75) is 33.2 Å². The van der Waals surface area contributed by atoms with E-state index in [2.05, 4.69) is 35.1 Å². The van der Waals surface area contributed by atoms with Gasteiger partial charge in [0, 0.05) is 25.3 Å². The first-order valence-electron chi connectivity index (χ1n) is 6.31. The maximum atomic E-state index is 13.7. The zero-order valence-electron chi connectivity index (χ0n) is 11.3. The lowest BCUT2D eigenvalue weighted by molar-refractivity contribution is 0.236. The highest BCUT2D eigenvalue weighted by molar-refractivity contribution is 9.10. The minimum Gasteiger partial charge on any atom is -0.396 e.